The molecule has 0 saturated heterocycles. The average Bonchev–Trinajstić information content (AvgIpc) is 2.83. The predicted octanol–water partition coefficient (Wildman–Crippen LogP) is 5.59. The molecule has 0 bridgehead atoms. The Hall–Kier alpha value is -3.12. The van der Waals surface area contributed by atoms with Gasteiger partial charge >= 0.3 is 0 Å². The van der Waals surface area contributed by atoms with Crippen LogP contribution in [0, 0.1) is 0 Å². The maximum atomic E-state index is 12.5. The number of hydrogen-bond acceptors (Lipinski definition) is 5. The van der Waals surface area contributed by atoms with Crippen molar-refractivity contribution in [3.8, 4) is 17.2 Å². The highest BCUT2D eigenvalue weighted by atomic mass is 32.2. The number of thioether (sulfide) groups is 1. The van der Waals surface area contributed by atoms with E-state index in [1.807, 2.05) is 62.4 Å². The highest BCUT2D eigenvalue weighted by Crippen LogP contribution is 2.28. The van der Waals surface area contributed by atoms with Gasteiger partial charge in [-0.25, -0.2) is 0 Å². The molecule has 0 aliphatic carbocycles. The second kappa shape index (κ2) is 12.7. The fourth-order valence-electron chi connectivity index (χ4n) is 3.03. The van der Waals surface area contributed by atoms with Gasteiger partial charge in [-0.3, -0.25) is 4.79 Å². The molecule has 168 valence electrons. The Morgan fingerprint density at radius 1 is 0.844 bits per heavy atom. The molecule has 0 atom stereocenters. The van der Waals surface area contributed by atoms with Crippen molar-refractivity contribution in [3.05, 3.63) is 83.9 Å². The van der Waals surface area contributed by atoms with Crippen molar-refractivity contribution in [2.45, 2.75) is 25.3 Å². The van der Waals surface area contributed by atoms with Gasteiger partial charge in [-0.2, -0.15) is 0 Å². The van der Waals surface area contributed by atoms with Crippen molar-refractivity contribution >= 4 is 17.7 Å². The van der Waals surface area contributed by atoms with Gasteiger partial charge in [0.2, 0.25) is 0 Å². The second-order valence-corrected chi connectivity index (χ2v) is 8.03. The third kappa shape index (κ3) is 7.24. The van der Waals surface area contributed by atoms with Gasteiger partial charge in [-0.1, -0.05) is 24.3 Å². The Labute approximate surface area is 194 Å². The van der Waals surface area contributed by atoms with E-state index in [2.05, 4.69) is 17.4 Å². The summed E-state index contributed by atoms with van der Waals surface area (Å²) >= 11 is 1.75. The molecule has 0 radical (unpaired) electrons. The molecule has 0 saturated carbocycles. The van der Waals surface area contributed by atoms with Crippen LogP contribution in [0.15, 0.2) is 77.7 Å². The van der Waals surface area contributed by atoms with E-state index in [-0.39, 0.29) is 5.91 Å². The van der Waals surface area contributed by atoms with Gasteiger partial charge in [0.05, 0.1) is 19.8 Å². The zero-order valence-corrected chi connectivity index (χ0v) is 19.3. The number of hydrogen-bond donors (Lipinski definition) is 1. The standard InChI is InChI=1S/C26H29NO4S/c1-3-29-24-15-10-20(18-25(24)30-4-2)19-27-26(28)21-11-13-22(14-12-21)31-16-17-32-23-8-6-5-7-9-23/h5-15,18H,3-4,16-17,19H2,1-2H3,(H,27,28). The quantitative estimate of drug-likeness (QED) is 0.288. The minimum absolute atomic E-state index is 0.136. The molecule has 0 fully saturated rings. The molecule has 3 aromatic carbocycles. The van der Waals surface area contributed by atoms with E-state index >= 15 is 0 Å². The average molecular weight is 452 g/mol. The lowest BCUT2D eigenvalue weighted by molar-refractivity contribution is 0.0951. The minimum Gasteiger partial charge on any atom is -0.493 e. The predicted molar refractivity (Wildman–Crippen MR) is 129 cm³/mol. The lowest BCUT2D eigenvalue weighted by Gasteiger charge is -2.13. The van der Waals surface area contributed by atoms with Crippen LogP contribution in [0.1, 0.15) is 29.8 Å². The topological polar surface area (TPSA) is 56.8 Å². The number of carbonyl (C=O) groups is 1. The molecule has 3 rings (SSSR count). The van der Waals surface area contributed by atoms with Crippen LogP contribution in [0.2, 0.25) is 0 Å². The minimum atomic E-state index is -0.136. The lowest BCUT2D eigenvalue weighted by Crippen LogP contribution is -2.22. The van der Waals surface area contributed by atoms with Gasteiger partial charge < -0.3 is 19.5 Å². The Bertz CT molecular complexity index is 977. The summed E-state index contributed by atoms with van der Waals surface area (Å²) in [4.78, 5) is 13.7. The van der Waals surface area contributed by atoms with E-state index in [1.54, 1.807) is 23.9 Å². The smallest absolute Gasteiger partial charge is 0.251 e. The molecule has 1 N–H and O–H groups in total. The molecular formula is C26H29NO4S. The van der Waals surface area contributed by atoms with Crippen molar-refractivity contribution < 1.29 is 19.0 Å². The van der Waals surface area contributed by atoms with Crippen molar-refractivity contribution in [2.75, 3.05) is 25.6 Å². The summed E-state index contributed by atoms with van der Waals surface area (Å²) in [5.74, 6) is 2.87. The summed E-state index contributed by atoms with van der Waals surface area (Å²) in [7, 11) is 0. The Morgan fingerprint density at radius 2 is 1.56 bits per heavy atom. The van der Waals surface area contributed by atoms with Crippen molar-refractivity contribution in [3.63, 3.8) is 0 Å². The summed E-state index contributed by atoms with van der Waals surface area (Å²) in [5.41, 5.74) is 1.54. The SMILES string of the molecule is CCOc1ccc(CNC(=O)c2ccc(OCCSc3ccccc3)cc2)cc1OCC. The Kier molecular flexibility index (Phi) is 9.32. The number of benzene rings is 3. The van der Waals surface area contributed by atoms with Crippen LogP contribution >= 0.6 is 11.8 Å². The summed E-state index contributed by atoms with van der Waals surface area (Å²) < 4.78 is 17.0. The maximum absolute atomic E-state index is 12.5. The molecule has 0 aliphatic heterocycles. The molecule has 3 aromatic rings. The molecule has 32 heavy (non-hydrogen) atoms. The molecule has 0 aromatic heterocycles. The molecule has 1 amide bonds. The molecule has 0 heterocycles. The van der Waals surface area contributed by atoms with Crippen LogP contribution < -0.4 is 19.5 Å². The fraction of sp³-hybridized carbons (Fsp3) is 0.269. The van der Waals surface area contributed by atoms with E-state index in [1.165, 1.54) is 4.90 Å². The zero-order chi connectivity index (χ0) is 22.6. The summed E-state index contributed by atoms with van der Waals surface area (Å²) in [5, 5.41) is 2.95. The van der Waals surface area contributed by atoms with Gasteiger partial charge in [0.15, 0.2) is 11.5 Å². The number of rotatable bonds is 12. The van der Waals surface area contributed by atoms with Gasteiger partial charge in [0, 0.05) is 22.8 Å². The Morgan fingerprint density at radius 3 is 2.28 bits per heavy atom. The zero-order valence-electron chi connectivity index (χ0n) is 18.5. The highest BCUT2D eigenvalue weighted by Gasteiger charge is 2.09. The largest absolute Gasteiger partial charge is 0.493 e. The van der Waals surface area contributed by atoms with E-state index in [0.29, 0.717) is 43.4 Å². The van der Waals surface area contributed by atoms with Crippen molar-refractivity contribution in [1.29, 1.82) is 0 Å². The van der Waals surface area contributed by atoms with Crippen molar-refractivity contribution in [1.82, 2.24) is 5.32 Å². The molecule has 6 heteroatoms. The number of nitrogens with one attached hydrogen (secondary N) is 1. The van der Waals surface area contributed by atoms with Crippen LogP contribution in [0.25, 0.3) is 0 Å². The Balaban J connectivity index is 1.46. The first-order chi connectivity index (χ1) is 15.7. The molecule has 0 unspecified atom stereocenters. The van der Waals surface area contributed by atoms with E-state index in [4.69, 9.17) is 14.2 Å². The first kappa shape index (κ1) is 23.5. The summed E-state index contributed by atoms with van der Waals surface area (Å²) in [6.07, 6.45) is 0. The first-order valence-corrected chi connectivity index (χ1v) is 11.8. The van der Waals surface area contributed by atoms with Crippen LogP contribution in [0.4, 0.5) is 0 Å². The third-order valence-corrected chi connectivity index (χ3v) is 5.52. The second-order valence-electron chi connectivity index (χ2n) is 6.86. The van der Waals surface area contributed by atoms with Crippen LogP contribution in [-0.2, 0) is 6.54 Å². The number of ether oxygens (including phenoxy) is 3. The maximum Gasteiger partial charge on any atom is 0.251 e. The normalized spacial score (nSPS) is 10.4. The lowest BCUT2D eigenvalue weighted by atomic mass is 10.1. The highest BCUT2D eigenvalue weighted by molar-refractivity contribution is 7.99. The third-order valence-electron chi connectivity index (χ3n) is 4.54. The number of amides is 1. The fourth-order valence-corrected chi connectivity index (χ4v) is 3.78. The summed E-state index contributed by atoms with van der Waals surface area (Å²) in [6, 6.07) is 23.1. The van der Waals surface area contributed by atoms with Crippen molar-refractivity contribution in [2.24, 2.45) is 0 Å². The molecule has 0 spiro atoms. The summed E-state index contributed by atoms with van der Waals surface area (Å²) in [6.45, 7) is 5.99. The van der Waals surface area contributed by atoms with Gasteiger partial charge in [-0.05, 0) is 67.9 Å². The van der Waals surface area contributed by atoms with Crippen LogP contribution in [0.5, 0.6) is 17.2 Å². The molecular weight excluding hydrogens is 422 g/mol. The van der Waals surface area contributed by atoms with E-state index in [0.717, 1.165) is 17.1 Å². The van der Waals surface area contributed by atoms with Crippen LogP contribution in [-0.4, -0.2) is 31.5 Å². The monoisotopic (exact) mass is 451 g/mol. The number of carbonyl (C=O) groups excluding carboxylic acids is 1. The molecule has 0 aliphatic rings. The van der Waals surface area contributed by atoms with Crippen LogP contribution in [0.3, 0.4) is 0 Å². The van der Waals surface area contributed by atoms with Gasteiger partial charge in [0.25, 0.3) is 5.91 Å². The van der Waals surface area contributed by atoms with E-state index in [9.17, 15) is 4.79 Å². The molecule has 5 nitrogen and oxygen atoms in total. The van der Waals surface area contributed by atoms with Gasteiger partial charge in [0.1, 0.15) is 5.75 Å². The van der Waals surface area contributed by atoms with E-state index < -0.39 is 0 Å². The van der Waals surface area contributed by atoms with Gasteiger partial charge in [-0.15, -0.1) is 11.8 Å². The first-order valence-electron chi connectivity index (χ1n) is 10.8.